The Morgan fingerprint density at radius 3 is 2.53 bits per heavy atom. The van der Waals surface area contributed by atoms with E-state index >= 15 is 0 Å². The number of allylic oxidation sites excluding steroid dienone is 2. The summed E-state index contributed by atoms with van der Waals surface area (Å²) >= 11 is 0. The van der Waals surface area contributed by atoms with Crippen molar-refractivity contribution in [1.29, 1.82) is 0 Å². The lowest BCUT2D eigenvalue weighted by atomic mass is 9.76. The summed E-state index contributed by atoms with van der Waals surface area (Å²) in [6, 6.07) is 26.6. The van der Waals surface area contributed by atoms with Gasteiger partial charge in [-0.15, -0.1) is 0 Å². The molecule has 6 rings (SSSR count). The second-order valence-corrected chi connectivity index (χ2v) is 8.33. The molecule has 2 heteroatoms. The molecule has 2 nitrogen and oxygen atoms in total. The van der Waals surface area contributed by atoms with Gasteiger partial charge in [0.25, 0.3) is 0 Å². The van der Waals surface area contributed by atoms with Gasteiger partial charge in [-0.1, -0.05) is 66.7 Å². The predicted octanol–water partition coefficient (Wildman–Crippen LogP) is 7.56. The molecule has 0 bridgehead atoms. The van der Waals surface area contributed by atoms with Gasteiger partial charge in [0.2, 0.25) is 0 Å². The lowest BCUT2D eigenvalue weighted by Gasteiger charge is -2.28. The Hall–Kier alpha value is -3.52. The maximum Gasteiger partial charge on any atom is 0.119 e. The van der Waals surface area contributed by atoms with E-state index in [0.717, 1.165) is 12.4 Å². The molecule has 4 aromatic rings. The Morgan fingerprint density at radius 2 is 1.75 bits per heavy atom. The second-order valence-electron chi connectivity index (χ2n) is 8.33. The van der Waals surface area contributed by atoms with Crippen molar-refractivity contribution >= 4 is 21.5 Å². The SMILES string of the molecule is C1=CCOC=C1.COc1cccc(C2CCCc3ccc4c(ccc5ccccc54)c32)c1. The first-order valence-electron chi connectivity index (χ1n) is 11.4. The monoisotopic (exact) mass is 420 g/mol. The summed E-state index contributed by atoms with van der Waals surface area (Å²) in [5.41, 5.74) is 4.39. The van der Waals surface area contributed by atoms with Crippen LogP contribution in [0, 0.1) is 0 Å². The van der Waals surface area contributed by atoms with Crippen molar-refractivity contribution in [1.82, 2.24) is 0 Å². The molecule has 0 saturated heterocycles. The molecule has 1 aliphatic carbocycles. The highest BCUT2D eigenvalue weighted by Crippen LogP contribution is 2.42. The topological polar surface area (TPSA) is 18.5 Å². The summed E-state index contributed by atoms with van der Waals surface area (Å²) in [6.45, 7) is 0.733. The average Bonchev–Trinajstić information content (AvgIpc) is 2.89. The largest absolute Gasteiger partial charge is 0.497 e. The Balaban J connectivity index is 0.000000314. The van der Waals surface area contributed by atoms with Crippen molar-refractivity contribution in [3.63, 3.8) is 0 Å². The summed E-state index contributed by atoms with van der Waals surface area (Å²) in [7, 11) is 1.75. The van der Waals surface area contributed by atoms with Crippen LogP contribution in [0.2, 0.25) is 0 Å². The third-order valence-electron chi connectivity index (χ3n) is 6.46. The Kier molecular flexibility index (Phi) is 5.93. The van der Waals surface area contributed by atoms with Gasteiger partial charge in [-0.2, -0.15) is 0 Å². The van der Waals surface area contributed by atoms with Crippen LogP contribution in [0.1, 0.15) is 35.4 Å². The van der Waals surface area contributed by atoms with Gasteiger partial charge < -0.3 is 9.47 Å². The van der Waals surface area contributed by atoms with Gasteiger partial charge in [-0.05, 0) is 81.8 Å². The minimum atomic E-state index is 0.443. The highest BCUT2D eigenvalue weighted by Gasteiger charge is 2.24. The van der Waals surface area contributed by atoms with E-state index < -0.39 is 0 Å². The molecule has 4 aromatic carbocycles. The summed E-state index contributed by atoms with van der Waals surface area (Å²) in [4.78, 5) is 0. The van der Waals surface area contributed by atoms with Crippen LogP contribution in [0.3, 0.4) is 0 Å². The zero-order chi connectivity index (χ0) is 21.8. The van der Waals surface area contributed by atoms with E-state index in [-0.39, 0.29) is 0 Å². The molecule has 0 saturated carbocycles. The highest BCUT2D eigenvalue weighted by molar-refractivity contribution is 6.09. The molecule has 1 aliphatic heterocycles. The molecular formula is C30H28O2. The van der Waals surface area contributed by atoms with Crippen LogP contribution in [0.25, 0.3) is 21.5 Å². The Bertz CT molecular complexity index is 1290. The van der Waals surface area contributed by atoms with Gasteiger partial charge >= 0.3 is 0 Å². The van der Waals surface area contributed by atoms with Gasteiger partial charge in [0.1, 0.15) is 12.4 Å². The minimum absolute atomic E-state index is 0.443. The molecule has 0 aromatic heterocycles. The van der Waals surface area contributed by atoms with Crippen molar-refractivity contribution in [3.8, 4) is 5.75 Å². The van der Waals surface area contributed by atoms with Crippen LogP contribution in [0.4, 0.5) is 0 Å². The van der Waals surface area contributed by atoms with Gasteiger partial charge in [0, 0.05) is 5.92 Å². The summed E-state index contributed by atoms with van der Waals surface area (Å²) in [5.74, 6) is 1.39. The molecule has 1 heterocycles. The summed E-state index contributed by atoms with van der Waals surface area (Å²) in [6.07, 6.45) is 11.1. The smallest absolute Gasteiger partial charge is 0.119 e. The quantitative estimate of drug-likeness (QED) is 0.312. The number of ether oxygens (including phenoxy) is 2. The maximum absolute atomic E-state index is 5.48. The fourth-order valence-corrected chi connectivity index (χ4v) is 4.96. The molecule has 0 N–H and O–H groups in total. The van der Waals surface area contributed by atoms with Crippen molar-refractivity contribution in [2.24, 2.45) is 0 Å². The number of methoxy groups -OCH3 is 1. The molecule has 0 fully saturated rings. The van der Waals surface area contributed by atoms with Crippen LogP contribution >= 0.6 is 0 Å². The van der Waals surface area contributed by atoms with Gasteiger partial charge in [-0.25, -0.2) is 0 Å². The van der Waals surface area contributed by atoms with E-state index in [4.69, 9.17) is 9.47 Å². The molecule has 0 spiro atoms. The van der Waals surface area contributed by atoms with Crippen LogP contribution in [-0.2, 0) is 11.2 Å². The highest BCUT2D eigenvalue weighted by atomic mass is 16.5. The number of benzene rings is 4. The molecule has 32 heavy (non-hydrogen) atoms. The van der Waals surface area contributed by atoms with E-state index in [9.17, 15) is 0 Å². The van der Waals surface area contributed by atoms with E-state index in [2.05, 4.69) is 66.7 Å². The van der Waals surface area contributed by atoms with Crippen molar-refractivity contribution in [3.05, 3.63) is 114 Å². The van der Waals surface area contributed by atoms with E-state index in [1.807, 2.05) is 24.3 Å². The molecule has 2 aliphatic rings. The molecule has 1 atom stereocenters. The third kappa shape index (κ3) is 4.01. The summed E-state index contributed by atoms with van der Waals surface area (Å²) < 4.78 is 10.3. The van der Waals surface area contributed by atoms with E-state index in [1.54, 1.807) is 13.4 Å². The molecule has 0 amide bonds. The van der Waals surface area contributed by atoms with E-state index in [1.165, 1.54) is 57.5 Å². The average molecular weight is 421 g/mol. The van der Waals surface area contributed by atoms with Crippen molar-refractivity contribution in [2.45, 2.75) is 25.2 Å². The number of fused-ring (bicyclic) bond motifs is 5. The second kappa shape index (κ2) is 9.32. The first kappa shape index (κ1) is 20.4. The number of rotatable bonds is 2. The minimum Gasteiger partial charge on any atom is -0.497 e. The fourth-order valence-electron chi connectivity index (χ4n) is 4.96. The molecule has 1 unspecified atom stereocenters. The zero-order valence-electron chi connectivity index (χ0n) is 18.5. The van der Waals surface area contributed by atoms with Gasteiger partial charge in [0.05, 0.1) is 13.4 Å². The Morgan fingerprint density at radius 1 is 0.844 bits per heavy atom. The van der Waals surface area contributed by atoms with Crippen LogP contribution < -0.4 is 4.74 Å². The number of aryl methyl sites for hydroxylation is 1. The Labute approximate surface area is 189 Å². The van der Waals surface area contributed by atoms with Gasteiger partial charge in [0.15, 0.2) is 0 Å². The molecule has 0 radical (unpaired) electrons. The maximum atomic E-state index is 5.48. The number of hydrogen-bond acceptors (Lipinski definition) is 2. The fraction of sp³-hybridized carbons (Fsp3) is 0.200. The lowest BCUT2D eigenvalue weighted by Crippen LogP contribution is -2.12. The normalized spacial score (nSPS) is 16.7. The molecular weight excluding hydrogens is 392 g/mol. The summed E-state index contributed by atoms with van der Waals surface area (Å²) in [5, 5.41) is 5.45. The van der Waals surface area contributed by atoms with E-state index in [0.29, 0.717) is 5.92 Å². The van der Waals surface area contributed by atoms with Crippen molar-refractivity contribution < 1.29 is 9.47 Å². The first-order chi connectivity index (χ1) is 15.8. The third-order valence-corrected chi connectivity index (χ3v) is 6.46. The first-order valence-corrected chi connectivity index (χ1v) is 11.4. The van der Waals surface area contributed by atoms with Crippen LogP contribution in [-0.4, -0.2) is 13.7 Å². The van der Waals surface area contributed by atoms with Gasteiger partial charge in [-0.3, -0.25) is 0 Å². The number of hydrogen-bond donors (Lipinski definition) is 0. The lowest BCUT2D eigenvalue weighted by molar-refractivity contribution is 0.286. The predicted molar refractivity (Wildman–Crippen MR) is 133 cm³/mol. The zero-order valence-corrected chi connectivity index (χ0v) is 18.5. The van der Waals surface area contributed by atoms with Crippen LogP contribution in [0.5, 0.6) is 5.75 Å². The van der Waals surface area contributed by atoms with Crippen LogP contribution in [0.15, 0.2) is 97.3 Å². The van der Waals surface area contributed by atoms with Crippen molar-refractivity contribution in [2.75, 3.05) is 13.7 Å². The molecule has 160 valence electrons. The standard InChI is InChI=1S/C25H22O.C5H6O/c1-26-20-9-4-8-19(16-20)22-11-5-7-18-13-14-23-21-10-3-2-6-17(21)12-15-24(23)25(18)22;1-2-4-6-5-3-1/h2-4,6,8-10,12-16,22H,5,7,11H2,1H3;1-4H,5H2.